The minimum Gasteiger partial charge on any atom is -0.355 e. The predicted molar refractivity (Wildman–Crippen MR) is 67.9 cm³/mol. The van der Waals surface area contributed by atoms with Crippen LogP contribution in [0.2, 0.25) is 0 Å². The zero-order chi connectivity index (χ0) is 13.6. The van der Waals surface area contributed by atoms with E-state index in [4.69, 9.17) is 9.90 Å². The average Bonchev–Trinajstić information content (AvgIpc) is 2.79. The molecule has 0 aliphatic rings. The first-order valence-electron chi connectivity index (χ1n) is 5.91. The van der Waals surface area contributed by atoms with Gasteiger partial charge in [-0.3, -0.25) is 4.79 Å². The summed E-state index contributed by atoms with van der Waals surface area (Å²) in [5.74, 6) is -0.725. The number of H-pyrrole nitrogens is 1. The van der Waals surface area contributed by atoms with Crippen molar-refractivity contribution < 1.29 is 14.7 Å². The Balaban J connectivity index is 2.32. The Bertz CT molecular complexity index is 399. The van der Waals surface area contributed by atoms with E-state index in [1.165, 1.54) is 0 Å². The number of aliphatic carboxylic acids is 1. The number of hydrogen-bond acceptors (Lipinski definition) is 2. The Morgan fingerprint density at radius 1 is 1.61 bits per heavy atom. The van der Waals surface area contributed by atoms with Crippen LogP contribution in [0.1, 0.15) is 32.4 Å². The van der Waals surface area contributed by atoms with Crippen molar-refractivity contribution in [3.05, 3.63) is 18.2 Å². The van der Waals surface area contributed by atoms with Gasteiger partial charge in [-0.1, -0.05) is 13.8 Å². The summed E-state index contributed by atoms with van der Waals surface area (Å²) in [7, 11) is 0. The lowest BCUT2D eigenvalue weighted by Gasteiger charge is -2.22. The summed E-state index contributed by atoms with van der Waals surface area (Å²) in [5.41, 5.74) is 0.347. The first-order valence-corrected chi connectivity index (χ1v) is 5.91. The summed E-state index contributed by atoms with van der Waals surface area (Å²) in [5, 5.41) is 11.6. The molecule has 1 amide bonds. The van der Waals surface area contributed by atoms with Crippen LogP contribution in [-0.4, -0.2) is 38.3 Å². The number of rotatable bonds is 7. The minimum absolute atomic E-state index is 0.0942. The maximum Gasteiger partial charge on any atom is 0.480 e. The third kappa shape index (κ3) is 4.57. The summed E-state index contributed by atoms with van der Waals surface area (Å²) >= 11 is 0. The Morgan fingerprint density at radius 2 is 2.33 bits per heavy atom. The molecule has 0 saturated heterocycles. The molecule has 6 nitrogen and oxygen atoms in total. The molecular formula is C12H20N3O3+. The van der Waals surface area contributed by atoms with Crippen molar-refractivity contribution in [2.45, 2.75) is 33.1 Å². The van der Waals surface area contributed by atoms with Crippen molar-refractivity contribution in [3.8, 4) is 0 Å². The SMILES string of the molecule is CC(C)(CCC(O)=[OH+])C(=O)NCCc1cnc[nH]1. The lowest BCUT2D eigenvalue weighted by atomic mass is 9.87. The topological polar surface area (TPSA) is 99.4 Å². The number of amides is 1. The van der Waals surface area contributed by atoms with Gasteiger partial charge in [0.1, 0.15) is 6.42 Å². The summed E-state index contributed by atoms with van der Waals surface area (Å²) in [6, 6.07) is 0. The largest absolute Gasteiger partial charge is 0.480 e. The van der Waals surface area contributed by atoms with Crippen LogP contribution in [0.15, 0.2) is 12.5 Å². The summed E-state index contributed by atoms with van der Waals surface area (Å²) in [4.78, 5) is 27.5. The quantitative estimate of drug-likeness (QED) is 0.631. The molecule has 0 unspecified atom stereocenters. The van der Waals surface area contributed by atoms with Gasteiger partial charge >= 0.3 is 5.97 Å². The molecule has 0 fully saturated rings. The maximum absolute atomic E-state index is 11.9. The monoisotopic (exact) mass is 254 g/mol. The minimum atomic E-state index is -0.631. The molecule has 0 bridgehead atoms. The smallest absolute Gasteiger partial charge is 0.355 e. The Labute approximate surface area is 106 Å². The maximum atomic E-state index is 11.9. The highest BCUT2D eigenvalue weighted by Crippen LogP contribution is 2.22. The highest BCUT2D eigenvalue weighted by Gasteiger charge is 2.28. The number of carbonyl (C=O) groups excluding carboxylic acids is 1. The molecule has 0 radical (unpaired) electrons. The molecule has 1 heterocycles. The molecule has 4 N–H and O–H groups in total. The fourth-order valence-corrected chi connectivity index (χ4v) is 1.51. The van der Waals surface area contributed by atoms with Crippen LogP contribution in [-0.2, 0) is 11.2 Å². The van der Waals surface area contributed by atoms with Crippen LogP contribution in [0.5, 0.6) is 0 Å². The molecule has 1 aromatic heterocycles. The number of nitrogens with one attached hydrogen (secondary N) is 2. The van der Waals surface area contributed by atoms with E-state index in [1.807, 2.05) is 0 Å². The van der Waals surface area contributed by atoms with Gasteiger partial charge < -0.3 is 20.2 Å². The third-order valence-electron chi connectivity index (χ3n) is 2.82. The lowest BCUT2D eigenvalue weighted by molar-refractivity contribution is -0.129. The molecule has 1 aromatic rings. The third-order valence-corrected chi connectivity index (χ3v) is 2.82. The standard InChI is InChI=1S/C12H19N3O3/c1-12(2,5-3-10(16)17)11(18)14-6-4-9-7-13-8-15-9/h7-8H,3-6H2,1-2H3,(H,13,15)(H,14,18)(H,16,17)/p+1. The van der Waals surface area contributed by atoms with E-state index in [2.05, 4.69) is 15.3 Å². The molecule has 0 aromatic carbocycles. The molecule has 18 heavy (non-hydrogen) atoms. The van der Waals surface area contributed by atoms with Crippen LogP contribution >= 0.6 is 0 Å². The average molecular weight is 254 g/mol. The number of hydrogen-bond donors (Lipinski definition) is 3. The second kappa shape index (κ2) is 6.18. The number of aliphatic hydroxyl groups excluding tert-OH is 1. The van der Waals surface area contributed by atoms with Crippen molar-refractivity contribution in [3.63, 3.8) is 0 Å². The molecule has 0 aliphatic heterocycles. The highest BCUT2D eigenvalue weighted by molar-refractivity contribution is 5.82. The molecule has 0 aliphatic carbocycles. The second-order valence-electron chi connectivity index (χ2n) is 4.88. The van der Waals surface area contributed by atoms with Crippen molar-refractivity contribution in [2.75, 3.05) is 6.54 Å². The lowest BCUT2D eigenvalue weighted by Crippen LogP contribution is -2.38. The number of imidazole rings is 1. The van der Waals surface area contributed by atoms with Crippen molar-refractivity contribution in [2.24, 2.45) is 5.41 Å². The van der Waals surface area contributed by atoms with Crippen LogP contribution in [0, 0.1) is 5.41 Å². The zero-order valence-corrected chi connectivity index (χ0v) is 10.7. The Kier molecular flexibility index (Phi) is 4.88. The van der Waals surface area contributed by atoms with E-state index in [0.717, 1.165) is 5.69 Å². The van der Waals surface area contributed by atoms with E-state index in [1.54, 1.807) is 26.4 Å². The summed E-state index contributed by atoms with van der Waals surface area (Å²) in [6.07, 6.45) is 4.52. The van der Waals surface area contributed by atoms with Crippen molar-refractivity contribution in [1.82, 2.24) is 15.3 Å². The first kappa shape index (κ1) is 14.2. The summed E-state index contributed by atoms with van der Waals surface area (Å²) < 4.78 is 0. The summed E-state index contributed by atoms with van der Waals surface area (Å²) in [6.45, 7) is 4.09. The van der Waals surface area contributed by atoms with Gasteiger partial charge in [-0.25, -0.2) is 4.98 Å². The van der Waals surface area contributed by atoms with Gasteiger partial charge in [0.25, 0.3) is 0 Å². The molecule has 0 saturated carbocycles. The Hall–Kier alpha value is -1.85. The number of carboxylic acid groups (broad SMARTS) is 1. The van der Waals surface area contributed by atoms with E-state index in [0.29, 0.717) is 19.4 Å². The number of carboxylic acids is 1. The van der Waals surface area contributed by atoms with E-state index in [-0.39, 0.29) is 12.3 Å². The van der Waals surface area contributed by atoms with Gasteiger partial charge in [0.05, 0.1) is 6.33 Å². The first-order chi connectivity index (χ1) is 8.42. The van der Waals surface area contributed by atoms with Crippen LogP contribution in [0.4, 0.5) is 0 Å². The second-order valence-corrected chi connectivity index (χ2v) is 4.88. The predicted octanol–water partition coefficient (Wildman–Crippen LogP) is 0.935. The molecule has 100 valence electrons. The fraction of sp³-hybridized carbons (Fsp3) is 0.583. The number of carbonyl (C=O) groups is 1. The van der Waals surface area contributed by atoms with Crippen molar-refractivity contribution >= 4 is 11.9 Å². The van der Waals surface area contributed by atoms with Crippen LogP contribution < -0.4 is 5.32 Å². The van der Waals surface area contributed by atoms with Gasteiger partial charge in [-0.2, -0.15) is 0 Å². The number of aromatic amines is 1. The van der Waals surface area contributed by atoms with E-state index < -0.39 is 11.4 Å². The molecule has 0 atom stereocenters. The molecule has 1 rings (SSSR count). The zero-order valence-electron chi connectivity index (χ0n) is 10.7. The van der Waals surface area contributed by atoms with Gasteiger partial charge in [0, 0.05) is 30.3 Å². The van der Waals surface area contributed by atoms with Crippen LogP contribution in [0.3, 0.4) is 0 Å². The van der Waals surface area contributed by atoms with Crippen molar-refractivity contribution in [1.29, 1.82) is 0 Å². The van der Waals surface area contributed by atoms with Crippen LogP contribution in [0.25, 0.3) is 0 Å². The molecule has 0 spiro atoms. The molecule has 6 heteroatoms. The number of aromatic nitrogens is 2. The fourth-order valence-electron chi connectivity index (χ4n) is 1.51. The van der Waals surface area contributed by atoms with Gasteiger partial charge in [0.2, 0.25) is 5.91 Å². The van der Waals surface area contributed by atoms with E-state index in [9.17, 15) is 4.79 Å². The highest BCUT2D eigenvalue weighted by atomic mass is 16.4. The molecular weight excluding hydrogens is 234 g/mol. The van der Waals surface area contributed by atoms with Gasteiger partial charge in [0.15, 0.2) is 0 Å². The van der Waals surface area contributed by atoms with E-state index >= 15 is 0 Å². The Morgan fingerprint density at radius 3 is 2.89 bits per heavy atom. The number of nitrogens with zero attached hydrogens (tertiary/aromatic N) is 1. The normalized spacial score (nSPS) is 11.2. The van der Waals surface area contributed by atoms with Gasteiger partial charge in [-0.15, -0.1) is 0 Å². The van der Waals surface area contributed by atoms with Gasteiger partial charge in [-0.05, 0) is 6.42 Å².